The second-order valence-electron chi connectivity index (χ2n) is 5.57. The first-order valence-corrected chi connectivity index (χ1v) is 7.57. The Bertz CT molecular complexity index is 917. The normalized spacial score (nSPS) is 10.6. The standard InChI is InChI=1S/C19H17FN2O2/c1-13-3-4-14(2)22(19(13)23)17-9-10-21-18(11-17)24-12-15-5-7-16(20)8-6-15/h3-11H,12H2,1-2H3. The summed E-state index contributed by atoms with van der Waals surface area (Å²) < 4.78 is 20.2. The van der Waals surface area contributed by atoms with Gasteiger partial charge in [-0.05, 0) is 43.7 Å². The number of aryl methyl sites for hydroxylation is 2. The van der Waals surface area contributed by atoms with Gasteiger partial charge in [-0.15, -0.1) is 0 Å². The maximum atomic E-state index is 12.9. The van der Waals surface area contributed by atoms with Gasteiger partial charge in [-0.3, -0.25) is 9.36 Å². The highest BCUT2D eigenvalue weighted by molar-refractivity contribution is 5.37. The van der Waals surface area contributed by atoms with Crippen LogP contribution in [0.5, 0.6) is 5.88 Å². The van der Waals surface area contributed by atoms with Crippen molar-refractivity contribution in [2.75, 3.05) is 0 Å². The number of aromatic nitrogens is 2. The molecule has 0 atom stereocenters. The molecule has 0 saturated carbocycles. The second kappa shape index (κ2) is 6.66. The first-order valence-electron chi connectivity index (χ1n) is 7.57. The topological polar surface area (TPSA) is 44.1 Å². The fourth-order valence-corrected chi connectivity index (χ4v) is 2.40. The summed E-state index contributed by atoms with van der Waals surface area (Å²) in [5.74, 6) is 0.123. The number of benzene rings is 1. The van der Waals surface area contributed by atoms with Crippen LogP contribution in [-0.4, -0.2) is 9.55 Å². The fraction of sp³-hybridized carbons (Fsp3) is 0.158. The maximum Gasteiger partial charge on any atom is 0.258 e. The lowest BCUT2D eigenvalue weighted by atomic mass is 10.2. The molecule has 0 N–H and O–H groups in total. The van der Waals surface area contributed by atoms with E-state index in [4.69, 9.17) is 4.74 Å². The van der Waals surface area contributed by atoms with Gasteiger partial charge in [0, 0.05) is 23.5 Å². The molecule has 2 aromatic heterocycles. The minimum absolute atomic E-state index is 0.0642. The van der Waals surface area contributed by atoms with E-state index < -0.39 is 0 Å². The van der Waals surface area contributed by atoms with E-state index in [9.17, 15) is 9.18 Å². The van der Waals surface area contributed by atoms with Gasteiger partial charge < -0.3 is 4.74 Å². The minimum atomic E-state index is -0.284. The third-order valence-corrected chi connectivity index (χ3v) is 3.74. The molecule has 3 aromatic rings. The van der Waals surface area contributed by atoms with Gasteiger partial charge in [0.1, 0.15) is 12.4 Å². The van der Waals surface area contributed by atoms with E-state index in [1.165, 1.54) is 12.1 Å². The monoisotopic (exact) mass is 324 g/mol. The summed E-state index contributed by atoms with van der Waals surface area (Å²) >= 11 is 0. The van der Waals surface area contributed by atoms with Crippen LogP contribution < -0.4 is 10.3 Å². The smallest absolute Gasteiger partial charge is 0.258 e. The summed E-state index contributed by atoms with van der Waals surface area (Å²) in [6, 6.07) is 13.3. The Kier molecular flexibility index (Phi) is 4.42. The van der Waals surface area contributed by atoms with Crippen LogP contribution in [0.15, 0.2) is 59.5 Å². The zero-order chi connectivity index (χ0) is 17.1. The van der Waals surface area contributed by atoms with E-state index in [0.717, 1.165) is 11.3 Å². The molecule has 4 nitrogen and oxygen atoms in total. The molecule has 0 amide bonds. The SMILES string of the molecule is Cc1ccc(C)n(-c2ccnc(OCc3ccc(F)cc3)c2)c1=O. The number of hydrogen-bond acceptors (Lipinski definition) is 3. The van der Waals surface area contributed by atoms with E-state index in [-0.39, 0.29) is 18.0 Å². The number of ether oxygens (including phenoxy) is 1. The lowest BCUT2D eigenvalue weighted by Gasteiger charge is -2.12. The molecule has 0 aliphatic carbocycles. The first-order chi connectivity index (χ1) is 11.5. The van der Waals surface area contributed by atoms with Gasteiger partial charge in [0.25, 0.3) is 5.56 Å². The van der Waals surface area contributed by atoms with Crippen LogP contribution in [0.25, 0.3) is 5.69 Å². The van der Waals surface area contributed by atoms with Crippen molar-refractivity contribution in [3.8, 4) is 11.6 Å². The number of nitrogens with zero attached hydrogens (tertiary/aromatic N) is 2. The van der Waals surface area contributed by atoms with Crippen molar-refractivity contribution in [2.45, 2.75) is 20.5 Å². The van der Waals surface area contributed by atoms with Crippen LogP contribution >= 0.6 is 0 Å². The third-order valence-electron chi connectivity index (χ3n) is 3.74. The number of halogens is 1. The molecule has 0 unspecified atom stereocenters. The molecule has 3 rings (SSSR count). The van der Waals surface area contributed by atoms with Crippen molar-refractivity contribution >= 4 is 0 Å². The lowest BCUT2D eigenvalue weighted by molar-refractivity contribution is 0.293. The number of rotatable bonds is 4. The third kappa shape index (κ3) is 3.35. The van der Waals surface area contributed by atoms with E-state index in [0.29, 0.717) is 17.1 Å². The van der Waals surface area contributed by atoms with Crippen LogP contribution in [0.4, 0.5) is 4.39 Å². The lowest BCUT2D eigenvalue weighted by Crippen LogP contribution is -2.22. The molecule has 0 radical (unpaired) electrons. The summed E-state index contributed by atoms with van der Waals surface area (Å²) in [4.78, 5) is 16.5. The summed E-state index contributed by atoms with van der Waals surface area (Å²) in [6.07, 6.45) is 1.60. The average Bonchev–Trinajstić information content (AvgIpc) is 2.59. The zero-order valence-electron chi connectivity index (χ0n) is 13.5. The van der Waals surface area contributed by atoms with Gasteiger partial charge in [0.2, 0.25) is 5.88 Å². The molecular weight excluding hydrogens is 307 g/mol. The van der Waals surface area contributed by atoms with Crippen molar-refractivity contribution in [3.63, 3.8) is 0 Å². The molecule has 0 aliphatic heterocycles. The summed E-state index contributed by atoms with van der Waals surface area (Å²) in [5.41, 5.74) is 2.98. The Labute approximate surface area is 139 Å². The molecular formula is C19H17FN2O2. The highest BCUT2D eigenvalue weighted by atomic mass is 19.1. The van der Waals surface area contributed by atoms with E-state index in [1.807, 2.05) is 13.0 Å². The van der Waals surface area contributed by atoms with Crippen LogP contribution in [0, 0.1) is 19.7 Å². The molecule has 0 saturated heterocycles. The molecule has 5 heteroatoms. The van der Waals surface area contributed by atoms with E-state index in [2.05, 4.69) is 4.98 Å². The average molecular weight is 324 g/mol. The van der Waals surface area contributed by atoms with Crippen LogP contribution in [-0.2, 0) is 6.61 Å². The van der Waals surface area contributed by atoms with Crippen molar-refractivity contribution in [1.82, 2.24) is 9.55 Å². The quantitative estimate of drug-likeness (QED) is 0.737. The molecule has 0 fully saturated rings. The molecule has 0 aliphatic rings. The van der Waals surface area contributed by atoms with Gasteiger partial charge in [-0.25, -0.2) is 9.37 Å². The van der Waals surface area contributed by atoms with Crippen molar-refractivity contribution in [1.29, 1.82) is 0 Å². The van der Waals surface area contributed by atoms with Crippen molar-refractivity contribution < 1.29 is 9.13 Å². The minimum Gasteiger partial charge on any atom is -0.473 e. The summed E-state index contributed by atoms with van der Waals surface area (Å²) in [5, 5.41) is 0. The second-order valence-corrected chi connectivity index (χ2v) is 5.57. The van der Waals surface area contributed by atoms with Gasteiger partial charge >= 0.3 is 0 Å². The Morgan fingerprint density at radius 2 is 1.83 bits per heavy atom. The highest BCUT2D eigenvalue weighted by Crippen LogP contribution is 2.16. The van der Waals surface area contributed by atoms with Crippen LogP contribution in [0.2, 0.25) is 0 Å². The van der Waals surface area contributed by atoms with Gasteiger partial charge in [0.05, 0.1) is 5.69 Å². The summed E-state index contributed by atoms with van der Waals surface area (Å²) in [6.45, 7) is 3.93. The molecule has 0 bridgehead atoms. The van der Waals surface area contributed by atoms with Gasteiger partial charge in [-0.1, -0.05) is 18.2 Å². The Balaban J connectivity index is 1.86. The Hall–Kier alpha value is -2.95. The molecule has 0 spiro atoms. The largest absolute Gasteiger partial charge is 0.473 e. The molecule has 24 heavy (non-hydrogen) atoms. The maximum absolute atomic E-state index is 12.9. The van der Waals surface area contributed by atoms with E-state index in [1.54, 1.807) is 48.0 Å². The Morgan fingerprint density at radius 1 is 1.08 bits per heavy atom. The molecule has 2 heterocycles. The molecule has 122 valence electrons. The van der Waals surface area contributed by atoms with Gasteiger partial charge in [-0.2, -0.15) is 0 Å². The van der Waals surface area contributed by atoms with Crippen LogP contribution in [0.1, 0.15) is 16.8 Å². The predicted octanol–water partition coefficient (Wildman–Crippen LogP) is 3.57. The zero-order valence-corrected chi connectivity index (χ0v) is 13.5. The van der Waals surface area contributed by atoms with Crippen molar-refractivity contribution in [3.05, 3.63) is 87.7 Å². The Morgan fingerprint density at radius 3 is 2.58 bits per heavy atom. The van der Waals surface area contributed by atoms with Crippen LogP contribution in [0.3, 0.4) is 0 Å². The van der Waals surface area contributed by atoms with Gasteiger partial charge in [0.15, 0.2) is 0 Å². The highest BCUT2D eigenvalue weighted by Gasteiger charge is 2.07. The first kappa shape index (κ1) is 15.9. The van der Waals surface area contributed by atoms with E-state index >= 15 is 0 Å². The predicted molar refractivity (Wildman–Crippen MR) is 90.0 cm³/mol. The van der Waals surface area contributed by atoms with Crippen molar-refractivity contribution in [2.24, 2.45) is 0 Å². The summed E-state index contributed by atoms with van der Waals surface area (Å²) in [7, 11) is 0. The number of hydrogen-bond donors (Lipinski definition) is 0. The fourth-order valence-electron chi connectivity index (χ4n) is 2.40. The molecule has 1 aromatic carbocycles. The number of pyridine rings is 2.